The quantitative estimate of drug-likeness (QED) is 0.815. The monoisotopic (exact) mass is 242 g/mol. The fraction of sp³-hybridized carbons (Fsp3) is 1.00. The lowest BCUT2D eigenvalue weighted by molar-refractivity contribution is 0.118. The van der Waals surface area contributed by atoms with Gasteiger partial charge < -0.3 is 10.2 Å². The van der Waals surface area contributed by atoms with Gasteiger partial charge in [0.25, 0.3) is 0 Å². The van der Waals surface area contributed by atoms with Crippen molar-refractivity contribution in [3.05, 3.63) is 0 Å². The van der Waals surface area contributed by atoms with Gasteiger partial charge >= 0.3 is 0 Å². The second kappa shape index (κ2) is 7.32. The molecule has 1 unspecified atom stereocenters. The van der Waals surface area contributed by atoms with E-state index in [2.05, 4.69) is 10.2 Å². The molecule has 0 aromatic rings. The highest BCUT2D eigenvalue weighted by Crippen LogP contribution is 2.28. The molecule has 2 fully saturated rings. The van der Waals surface area contributed by atoms with Crippen molar-refractivity contribution >= 4 is 0 Å². The van der Waals surface area contributed by atoms with Crippen LogP contribution in [0.3, 0.4) is 0 Å². The predicted molar refractivity (Wildman–Crippen MR) is 70.0 cm³/mol. The molecule has 1 atom stereocenters. The van der Waals surface area contributed by atoms with Crippen molar-refractivity contribution in [1.29, 1.82) is 0 Å². The molecule has 2 nitrogen and oxygen atoms in total. The first-order valence-corrected chi connectivity index (χ1v) is 7.42. The van der Waals surface area contributed by atoms with E-state index >= 15 is 0 Å². The number of nitrogens with zero attached hydrogens (tertiary/aromatic N) is 1. The SMILES string of the molecule is FCCCN1CCCCCC1C1CCNCC1. The van der Waals surface area contributed by atoms with Crippen LogP contribution in [0.2, 0.25) is 0 Å². The highest BCUT2D eigenvalue weighted by atomic mass is 19.1. The molecule has 0 spiro atoms. The number of hydrogen-bond acceptors (Lipinski definition) is 2. The molecule has 1 N–H and O–H groups in total. The van der Waals surface area contributed by atoms with Gasteiger partial charge in [-0.3, -0.25) is 4.39 Å². The first kappa shape index (κ1) is 13.3. The summed E-state index contributed by atoms with van der Waals surface area (Å²) in [5, 5.41) is 3.45. The number of likely N-dealkylation sites (tertiary alicyclic amines) is 1. The maximum atomic E-state index is 12.4. The molecule has 0 amide bonds. The summed E-state index contributed by atoms with van der Waals surface area (Å²) < 4.78 is 12.4. The smallest absolute Gasteiger partial charge is 0.0906 e. The molecule has 2 heterocycles. The van der Waals surface area contributed by atoms with E-state index in [9.17, 15) is 4.39 Å². The van der Waals surface area contributed by atoms with Gasteiger partial charge in [0.2, 0.25) is 0 Å². The maximum Gasteiger partial charge on any atom is 0.0906 e. The van der Waals surface area contributed by atoms with Gasteiger partial charge in [0.1, 0.15) is 0 Å². The van der Waals surface area contributed by atoms with E-state index in [4.69, 9.17) is 0 Å². The molecule has 2 aliphatic heterocycles. The van der Waals surface area contributed by atoms with Crippen molar-refractivity contribution in [2.75, 3.05) is 32.9 Å². The van der Waals surface area contributed by atoms with Gasteiger partial charge in [-0.05, 0) is 57.7 Å². The largest absolute Gasteiger partial charge is 0.317 e. The van der Waals surface area contributed by atoms with Gasteiger partial charge in [-0.1, -0.05) is 12.8 Å². The van der Waals surface area contributed by atoms with Gasteiger partial charge in [0, 0.05) is 12.6 Å². The molecule has 0 aromatic carbocycles. The van der Waals surface area contributed by atoms with Crippen molar-refractivity contribution in [1.82, 2.24) is 10.2 Å². The summed E-state index contributed by atoms with van der Waals surface area (Å²) in [5.74, 6) is 0.856. The van der Waals surface area contributed by atoms with Crippen molar-refractivity contribution in [2.24, 2.45) is 5.92 Å². The number of piperidine rings is 1. The third-order valence-corrected chi connectivity index (χ3v) is 4.42. The Morgan fingerprint density at radius 3 is 2.65 bits per heavy atom. The minimum atomic E-state index is -0.157. The Balaban J connectivity index is 1.92. The number of alkyl halides is 1. The first-order valence-electron chi connectivity index (χ1n) is 7.42. The van der Waals surface area contributed by atoms with E-state index in [0.29, 0.717) is 0 Å². The summed E-state index contributed by atoms with van der Waals surface area (Å²) in [4.78, 5) is 2.60. The number of hydrogen-bond donors (Lipinski definition) is 1. The maximum absolute atomic E-state index is 12.4. The normalized spacial score (nSPS) is 29.1. The summed E-state index contributed by atoms with van der Waals surface area (Å²) in [6.07, 6.45) is 8.76. The molecule has 2 rings (SSSR count). The highest BCUT2D eigenvalue weighted by Gasteiger charge is 2.29. The molecule has 100 valence electrons. The van der Waals surface area contributed by atoms with Gasteiger partial charge in [-0.25, -0.2) is 0 Å². The van der Waals surface area contributed by atoms with E-state index in [1.807, 2.05) is 0 Å². The molecule has 0 bridgehead atoms. The van der Waals surface area contributed by atoms with Crippen molar-refractivity contribution in [3.63, 3.8) is 0 Å². The Bertz CT molecular complexity index is 204. The summed E-state index contributed by atoms with van der Waals surface area (Å²) in [5.41, 5.74) is 0. The number of rotatable bonds is 4. The summed E-state index contributed by atoms with van der Waals surface area (Å²) in [7, 11) is 0. The summed E-state index contributed by atoms with van der Waals surface area (Å²) in [6.45, 7) is 4.38. The first-order chi connectivity index (χ1) is 8.42. The lowest BCUT2D eigenvalue weighted by Crippen LogP contribution is -2.44. The van der Waals surface area contributed by atoms with E-state index in [1.165, 1.54) is 58.2 Å². The predicted octanol–water partition coefficient (Wildman–Crippen LogP) is 2.59. The molecule has 3 heteroatoms. The van der Waals surface area contributed by atoms with Crippen LogP contribution in [0.5, 0.6) is 0 Å². The minimum absolute atomic E-state index is 0.157. The molecular formula is C14H27FN2. The van der Waals surface area contributed by atoms with Gasteiger partial charge in [-0.2, -0.15) is 0 Å². The van der Waals surface area contributed by atoms with E-state index < -0.39 is 0 Å². The van der Waals surface area contributed by atoms with Crippen LogP contribution in [0.1, 0.15) is 44.9 Å². The second-order valence-electron chi connectivity index (χ2n) is 5.58. The Hall–Kier alpha value is -0.150. The average molecular weight is 242 g/mol. The van der Waals surface area contributed by atoms with Crippen LogP contribution >= 0.6 is 0 Å². The molecule has 0 radical (unpaired) electrons. The molecule has 0 aliphatic carbocycles. The average Bonchev–Trinajstić information content (AvgIpc) is 2.62. The van der Waals surface area contributed by atoms with Gasteiger partial charge in [0.05, 0.1) is 6.67 Å². The van der Waals surface area contributed by atoms with Crippen LogP contribution in [0.25, 0.3) is 0 Å². The van der Waals surface area contributed by atoms with Crippen molar-refractivity contribution < 1.29 is 4.39 Å². The lowest BCUT2D eigenvalue weighted by Gasteiger charge is -2.38. The molecule has 2 aliphatic rings. The van der Waals surface area contributed by atoms with Gasteiger partial charge in [-0.15, -0.1) is 0 Å². The Kier molecular flexibility index (Phi) is 5.72. The van der Waals surface area contributed by atoms with E-state index in [0.717, 1.165) is 24.9 Å². The standard InChI is InChI=1S/C14H27FN2/c15-8-4-12-17-11-3-1-2-5-14(17)13-6-9-16-10-7-13/h13-14,16H,1-12H2. The highest BCUT2D eigenvalue weighted by molar-refractivity contribution is 4.84. The third-order valence-electron chi connectivity index (χ3n) is 4.42. The van der Waals surface area contributed by atoms with E-state index in [1.54, 1.807) is 0 Å². The molecular weight excluding hydrogens is 215 g/mol. The minimum Gasteiger partial charge on any atom is -0.317 e. The summed E-state index contributed by atoms with van der Waals surface area (Å²) in [6, 6.07) is 0.742. The van der Waals surface area contributed by atoms with Crippen LogP contribution in [0.15, 0.2) is 0 Å². The zero-order valence-electron chi connectivity index (χ0n) is 11.0. The van der Waals surface area contributed by atoms with Crippen molar-refractivity contribution in [3.8, 4) is 0 Å². The number of nitrogens with one attached hydrogen (secondary N) is 1. The molecule has 0 aromatic heterocycles. The molecule has 2 saturated heterocycles. The molecule has 0 saturated carbocycles. The topological polar surface area (TPSA) is 15.3 Å². The number of halogens is 1. The Labute approximate surface area is 105 Å². The van der Waals surface area contributed by atoms with Crippen molar-refractivity contribution in [2.45, 2.75) is 51.0 Å². The zero-order valence-corrected chi connectivity index (χ0v) is 11.0. The van der Waals surface area contributed by atoms with Crippen LogP contribution in [0.4, 0.5) is 4.39 Å². The van der Waals surface area contributed by atoms with Crippen LogP contribution in [-0.2, 0) is 0 Å². The van der Waals surface area contributed by atoms with E-state index in [-0.39, 0.29) is 6.67 Å². The lowest BCUT2D eigenvalue weighted by atomic mass is 9.87. The summed E-state index contributed by atoms with van der Waals surface area (Å²) >= 11 is 0. The van der Waals surface area contributed by atoms with Crippen LogP contribution < -0.4 is 5.32 Å². The molecule has 17 heavy (non-hydrogen) atoms. The fourth-order valence-corrected chi connectivity index (χ4v) is 3.50. The van der Waals surface area contributed by atoms with Crippen LogP contribution in [0, 0.1) is 5.92 Å². The Morgan fingerprint density at radius 1 is 1.06 bits per heavy atom. The third kappa shape index (κ3) is 3.92. The Morgan fingerprint density at radius 2 is 1.88 bits per heavy atom. The fourth-order valence-electron chi connectivity index (χ4n) is 3.50. The second-order valence-corrected chi connectivity index (χ2v) is 5.58. The van der Waals surface area contributed by atoms with Crippen LogP contribution in [-0.4, -0.2) is 43.8 Å². The zero-order chi connectivity index (χ0) is 11.9. The van der Waals surface area contributed by atoms with Gasteiger partial charge in [0.15, 0.2) is 0 Å².